The molecule has 0 spiro atoms. The number of rotatable bonds is 10. The molecule has 0 aliphatic heterocycles. The highest BCUT2D eigenvalue weighted by atomic mass is 16.5. The first-order chi connectivity index (χ1) is 9.63. The molecule has 0 fully saturated rings. The summed E-state index contributed by atoms with van der Waals surface area (Å²) in [6.07, 6.45) is 1.03. The largest absolute Gasteiger partial charge is 0.494 e. The van der Waals surface area contributed by atoms with Crippen molar-refractivity contribution in [2.75, 3.05) is 26.4 Å². The second-order valence-electron chi connectivity index (χ2n) is 5.10. The summed E-state index contributed by atoms with van der Waals surface area (Å²) in [5.41, 5.74) is 2.31. The van der Waals surface area contributed by atoms with Crippen LogP contribution in [0.2, 0.25) is 0 Å². The van der Waals surface area contributed by atoms with Crippen molar-refractivity contribution in [3.05, 3.63) is 42.0 Å². The maximum Gasteiger partial charge on any atom is 0.119 e. The molecule has 0 bridgehead atoms. The minimum absolute atomic E-state index is 0.309. The van der Waals surface area contributed by atoms with Gasteiger partial charge in [-0.15, -0.1) is 0 Å². The summed E-state index contributed by atoms with van der Waals surface area (Å²) in [6.45, 7) is 13.0. The van der Waals surface area contributed by atoms with Crippen LogP contribution in [0.1, 0.15) is 38.8 Å². The van der Waals surface area contributed by atoms with Gasteiger partial charge in [0.05, 0.1) is 19.8 Å². The highest BCUT2D eigenvalue weighted by molar-refractivity contribution is 5.28. The topological polar surface area (TPSA) is 30.5 Å². The average Bonchev–Trinajstić information content (AvgIpc) is 2.44. The second-order valence-corrected chi connectivity index (χ2v) is 5.10. The highest BCUT2D eigenvalue weighted by Crippen LogP contribution is 2.17. The lowest BCUT2D eigenvalue weighted by Crippen LogP contribution is -2.23. The van der Waals surface area contributed by atoms with Gasteiger partial charge in [-0.1, -0.05) is 31.2 Å². The molecule has 0 saturated heterocycles. The minimum atomic E-state index is 0.309. The third kappa shape index (κ3) is 6.73. The standard InChI is InChI=1S/C17H27NO2/c1-5-11-20-17-8-6-16(7-9-17)15(4)18-10-12-19-13-14(2)3/h6-9,15,18H,2,5,10-13H2,1,3-4H3. The SMILES string of the molecule is C=C(C)COCCNC(C)c1ccc(OCCC)cc1. The third-order valence-corrected chi connectivity index (χ3v) is 2.90. The lowest BCUT2D eigenvalue weighted by Gasteiger charge is -2.15. The molecule has 1 atom stereocenters. The van der Waals surface area contributed by atoms with E-state index in [0.717, 1.165) is 30.9 Å². The van der Waals surface area contributed by atoms with Crippen molar-refractivity contribution in [1.29, 1.82) is 0 Å². The van der Waals surface area contributed by atoms with Crippen LogP contribution < -0.4 is 10.1 Å². The van der Waals surface area contributed by atoms with Crippen molar-refractivity contribution in [3.8, 4) is 5.75 Å². The highest BCUT2D eigenvalue weighted by Gasteiger charge is 2.04. The normalized spacial score (nSPS) is 12.2. The summed E-state index contributed by atoms with van der Waals surface area (Å²) < 4.78 is 11.0. The summed E-state index contributed by atoms with van der Waals surface area (Å²) >= 11 is 0. The second kappa shape index (κ2) is 9.56. The fourth-order valence-corrected chi connectivity index (χ4v) is 1.78. The molecule has 1 unspecified atom stereocenters. The van der Waals surface area contributed by atoms with Crippen molar-refractivity contribution in [3.63, 3.8) is 0 Å². The van der Waals surface area contributed by atoms with Crippen LogP contribution in [0.25, 0.3) is 0 Å². The van der Waals surface area contributed by atoms with E-state index >= 15 is 0 Å². The van der Waals surface area contributed by atoms with E-state index in [9.17, 15) is 0 Å². The molecule has 0 saturated carbocycles. The summed E-state index contributed by atoms with van der Waals surface area (Å²) in [5.74, 6) is 0.938. The van der Waals surface area contributed by atoms with E-state index in [1.54, 1.807) is 0 Å². The van der Waals surface area contributed by atoms with Gasteiger partial charge in [0.15, 0.2) is 0 Å². The Labute approximate surface area is 123 Å². The van der Waals surface area contributed by atoms with Crippen LogP contribution in [0.4, 0.5) is 0 Å². The molecule has 0 aliphatic carbocycles. The van der Waals surface area contributed by atoms with Crippen LogP contribution in [0.5, 0.6) is 5.75 Å². The molecule has 3 heteroatoms. The minimum Gasteiger partial charge on any atom is -0.494 e. The van der Waals surface area contributed by atoms with Gasteiger partial charge in [0, 0.05) is 12.6 Å². The van der Waals surface area contributed by atoms with Crippen molar-refractivity contribution < 1.29 is 9.47 Å². The first-order valence-electron chi connectivity index (χ1n) is 7.31. The van der Waals surface area contributed by atoms with E-state index in [4.69, 9.17) is 9.47 Å². The van der Waals surface area contributed by atoms with Gasteiger partial charge in [-0.05, 0) is 38.0 Å². The van der Waals surface area contributed by atoms with Crippen molar-refractivity contribution >= 4 is 0 Å². The van der Waals surface area contributed by atoms with E-state index in [1.807, 2.05) is 19.1 Å². The van der Waals surface area contributed by atoms with Crippen LogP contribution in [0.15, 0.2) is 36.4 Å². The van der Waals surface area contributed by atoms with Gasteiger partial charge >= 0.3 is 0 Å². The fraction of sp³-hybridized carbons (Fsp3) is 0.529. The molecular weight excluding hydrogens is 250 g/mol. The quantitative estimate of drug-likeness (QED) is 0.522. The Morgan fingerprint density at radius 1 is 1.25 bits per heavy atom. The molecule has 0 aliphatic rings. The van der Waals surface area contributed by atoms with E-state index in [2.05, 4.69) is 37.9 Å². The van der Waals surface area contributed by atoms with Gasteiger partial charge < -0.3 is 14.8 Å². The Bertz CT molecular complexity index is 386. The summed E-state index contributed by atoms with van der Waals surface area (Å²) in [4.78, 5) is 0. The number of benzene rings is 1. The molecule has 0 radical (unpaired) electrons. The molecule has 1 rings (SSSR count). The Kier molecular flexibility index (Phi) is 8.00. The molecule has 1 aromatic rings. The van der Waals surface area contributed by atoms with Gasteiger partial charge in [-0.3, -0.25) is 0 Å². The molecule has 20 heavy (non-hydrogen) atoms. The van der Waals surface area contributed by atoms with Gasteiger partial charge in [0.25, 0.3) is 0 Å². The fourth-order valence-electron chi connectivity index (χ4n) is 1.78. The predicted octanol–water partition coefficient (Wildman–Crippen LogP) is 3.72. The molecular formula is C17H27NO2. The lowest BCUT2D eigenvalue weighted by atomic mass is 10.1. The molecule has 3 nitrogen and oxygen atoms in total. The number of hydrogen-bond donors (Lipinski definition) is 1. The first kappa shape index (κ1) is 16.7. The Morgan fingerprint density at radius 2 is 1.95 bits per heavy atom. The molecule has 0 aromatic heterocycles. The van der Waals surface area contributed by atoms with Gasteiger partial charge in [-0.25, -0.2) is 0 Å². The molecule has 0 amide bonds. The Hall–Kier alpha value is -1.32. The Balaban J connectivity index is 2.28. The zero-order valence-electron chi connectivity index (χ0n) is 12.9. The smallest absolute Gasteiger partial charge is 0.119 e. The van der Waals surface area contributed by atoms with E-state index in [1.165, 1.54) is 5.56 Å². The van der Waals surface area contributed by atoms with Crippen LogP contribution >= 0.6 is 0 Å². The van der Waals surface area contributed by atoms with Crippen LogP contribution in [0.3, 0.4) is 0 Å². The van der Waals surface area contributed by atoms with Crippen LogP contribution in [-0.4, -0.2) is 26.4 Å². The number of ether oxygens (including phenoxy) is 2. The third-order valence-electron chi connectivity index (χ3n) is 2.90. The average molecular weight is 277 g/mol. The van der Waals surface area contributed by atoms with Gasteiger partial charge in [0.2, 0.25) is 0 Å². The zero-order valence-corrected chi connectivity index (χ0v) is 12.9. The molecule has 0 heterocycles. The zero-order chi connectivity index (χ0) is 14.8. The summed E-state index contributed by atoms with van der Waals surface area (Å²) in [6, 6.07) is 8.58. The predicted molar refractivity (Wildman–Crippen MR) is 84.3 cm³/mol. The Morgan fingerprint density at radius 3 is 2.55 bits per heavy atom. The van der Waals surface area contributed by atoms with E-state index in [-0.39, 0.29) is 0 Å². The number of nitrogens with one attached hydrogen (secondary N) is 1. The van der Waals surface area contributed by atoms with E-state index in [0.29, 0.717) is 19.3 Å². The summed E-state index contributed by atoms with van der Waals surface area (Å²) in [7, 11) is 0. The van der Waals surface area contributed by atoms with Crippen molar-refractivity contribution in [1.82, 2.24) is 5.32 Å². The molecule has 1 N–H and O–H groups in total. The lowest BCUT2D eigenvalue weighted by molar-refractivity contribution is 0.156. The number of hydrogen-bond acceptors (Lipinski definition) is 3. The van der Waals surface area contributed by atoms with Gasteiger partial charge in [-0.2, -0.15) is 0 Å². The summed E-state index contributed by atoms with van der Waals surface area (Å²) in [5, 5.41) is 3.44. The van der Waals surface area contributed by atoms with E-state index < -0.39 is 0 Å². The molecule has 112 valence electrons. The van der Waals surface area contributed by atoms with Crippen LogP contribution in [-0.2, 0) is 4.74 Å². The molecule has 1 aromatic carbocycles. The van der Waals surface area contributed by atoms with Gasteiger partial charge in [0.1, 0.15) is 5.75 Å². The monoisotopic (exact) mass is 277 g/mol. The van der Waals surface area contributed by atoms with Crippen molar-refractivity contribution in [2.45, 2.75) is 33.2 Å². The van der Waals surface area contributed by atoms with Crippen LogP contribution in [0, 0.1) is 0 Å². The maximum atomic E-state index is 5.58. The maximum absolute atomic E-state index is 5.58. The first-order valence-corrected chi connectivity index (χ1v) is 7.31. The van der Waals surface area contributed by atoms with Crippen molar-refractivity contribution in [2.24, 2.45) is 0 Å².